The average molecular weight is 458 g/mol. The number of hydrogen-bond acceptors (Lipinski definition) is 4. The van der Waals surface area contributed by atoms with Crippen molar-refractivity contribution in [3.63, 3.8) is 0 Å². The highest BCUT2D eigenvalue weighted by Gasteiger charge is 2.12. The maximum atomic E-state index is 12.4. The number of hydrogen-bond donors (Lipinski definition) is 2. The number of nitrogens with one attached hydrogen (secondary N) is 2. The number of aryl methyl sites for hydroxylation is 1. The summed E-state index contributed by atoms with van der Waals surface area (Å²) in [4.78, 5) is 23.9. The molecule has 0 radical (unpaired) electrons. The molecular weight excluding hydrogens is 440 g/mol. The van der Waals surface area contributed by atoms with E-state index in [9.17, 15) is 18.4 Å². The van der Waals surface area contributed by atoms with Crippen molar-refractivity contribution in [2.45, 2.75) is 13.5 Å². The lowest BCUT2D eigenvalue weighted by atomic mass is 10.2. The molecule has 150 valence electrons. The number of carbonyl (C=O) groups is 2. The lowest BCUT2D eigenvalue weighted by Crippen LogP contribution is -2.41. The third kappa shape index (κ3) is 6.08. The normalized spacial score (nSPS) is 10.9. The van der Waals surface area contributed by atoms with Crippen LogP contribution in [-0.2, 0) is 11.8 Å². The molecule has 7 nitrogen and oxygen atoms in total. The van der Waals surface area contributed by atoms with Gasteiger partial charge in [-0.2, -0.15) is 8.78 Å². The van der Waals surface area contributed by atoms with E-state index in [1.54, 1.807) is 30.8 Å². The van der Waals surface area contributed by atoms with E-state index in [4.69, 9.17) is 4.74 Å². The smallest absolute Gasteiger partial charge is 0.387 e. The lowest BCUT2D eigenvalue weighted by molar-refractivity contribution is -0.117. The number of ether oxygens (including phenoxy) is 2. The highest BCUT2D eigenvalue weighted by molar-refractivity contribution is 9.10. The van der Waals surface area contributed by atoms with E-state index >= 15 is 0 Å². The number of amides is 2. The molecule has 1 aromatic heterocycles. The summed E-state index contributed by atoms with van der Waals surface area (Å²) in [7, 11) is 1.69. The number of halogens is 3. The molecule has 1 heterocycles. The maximum Gasteiger partial charge on any atom is 0.387 e. The van der Waals surface area contributed by atoms with E-state index in [1.165, 1.54) is 30.4 Å². The Balaban J connectivity index is 1.98. The van der Waals surface area contributed by atoms with Crippen LogP contribution in [0.3, 0.4) is 0 Å². The molecule has 0 aliphatic rings. The first-order chi connectivity index (χ1) is 13.3. The largest absolute Gasteiger partial charge is 0.490 e. The van der Waals surface area contributed by atoms with Gasteiger partial charge in [-0.3, -0.25) is 20.4 Å². The fourth-order valence-corrected chi connectivity index (χ4v) is 2.76. The molecule has 0 unspecified atom stereocenters. The Morgan fingerprint density at radius 3 is 2.61 bits per heavy atom. The maximum absolute atomic E-state index is 12.4. The number of alkyl halides is 2. The molecular formula is C18H18BrF2N3O4. The second kappa shape index (κ2) is 9.88. The molecule has 0 fully saturated rings. The molecule has 0 saturated carbocycles. The summed E-state index contributed by atoms with van der Waals surface area (Å²) in [6.07, 6.45) is 4.32. The summed E-state index contributed by atoms with van der Waals surface area (Å²) in [6, 6.07) is 5.88. The molecule has 0 aliphatic carbocycles. The average Bonchev–Trinajstić information content (AvgIpc) is 2.98. The van der Waals surface area contributed by atoms with Gasteiger partial charge in [-0.15, -0.1) is 0 Å². The van der Waals surface area contributed by atoms with Crippen LogP contribution in [-0.4, -0.2) is 29.6 Å². The summed E-state index contributed by atoms with van der Waals surface area (Å²) in [5.74, 6) is -1.03. The first-order valence-electron chi connectivity index (χ1n) is 8.12. The Kier molecular flexibility index (Phi) is 7.56. The molecule has 0 saturated heterocycles. The van der Waals surface area contributed by atoms with Gasteiger partial charge in [-0.25, -0.2) is 0 Å². The monoisotopic (exact) mass is 457 g/mol. The third-order valence-corrected chi connectivity index (χ3v) is 3.85. The Morgan fingerprint density at radius 2 is 2.00 bits per heavy atom. The first-order valence-corrected chi connectivity index (χ1v) is 8.91. The predicted molar refractivity (Wildman–Crippen MR) is 102 cm³/mol. The van der Waals surface area contributed by atoms with Crippen molar-refractivity contribution in [1.29, 1.82) is 0 Å². The van der Waals surface area contributed by atoms with Gasteiger partial charge < -0.3 is 14.0 Å². The summed E-state index contributed by atoms with van der Waals surface area (Å²) >= 11 is 3.26. The van der Waals surface area contributed by atoms with Gasteiger partial charge in [0.2, 0.25) is 0 Å². The second-order valence-electron chi connectivity index (χ2n) is 5.45. The molecule has 10 heteroatoms. The Morgan fingerprint density at radius 1 is 1.25 bits per heavy atom. The van der Waals surface area contributed by atoms with Crippen LogP contribution in [0.15, 0.2) is 41.0 Å². The quantitative estimate of drug-likeness (QED) is 0.493. The van der Waals surface area contributed by atoms with Gasteiger partial charge in [0.05, 0.1) is 6.61 Å². The van der Waals surface area contributed by atoms with Crippen molar-refractivity contribution in [2.24, 2.45) is 7.05 Å². The molecule has 0 aliphatic heterocycles. The van der Waals surface area contributed by atoms with Gasteiger partial charge in [-0.1, -0.05) is 6.07 Å². The zero-order valence-electron chi connectivity index (χ0n) is 15.0. The summed E-state index contributed by atoms with van der Waals surface area (Å²) in [6.45, 7) is -1.01. The number of aromatic nitrogens is 1. The van der Waals surface area contributed by atoms with Crippen LogP contribution in [0.5, 0.6) is 11.5 Å². The molecule has 0 atom stereocenters. The van der Waals surface area contributed by atoms with Gasteiger partial charge in [-0.05, 0) is 52.7 Å². The molecule has 0 bridgehead atoms. The van der Waals surface area contributed by atoms with Gasteiger partial charge in [0, 0.05) is 23.8 Å². The molecule has 2 rings (SSSR count). The van der Waals surface area contributed by atoms with E-state index in [1.807, 2.05) is 0 Å². The van der Waals surface area contributed by atoms with Crippen molar-refractivity contribution in [1.82, 2.24) is 15.4 Å². The van der Waals surface area contributed by atoms with Gasteiger partial charge in [0.25, 0.3) is 11.8 Å². The highest BCUT2D eigenvalue weighted by Crippen LogP contribution is 2.30. The lowest BCUT2D eigenvalue weighted by Gasteiger charge is -2.11. The molecule has 1 aromatic carbocycles. The Bertz CT molecular complexity index is 884. The number of benzene rings is 1. The Hall–Kier alpha value is -2.88. The number of hydrazine groups is 1. The van der Waals surface area contributed by atoms with E-state index in [-0.39, 0.29) is 18.1 Å². The van der Waals surface area contributed by atoms with Crippen molar-refractivity contribution in [3.05, 3.63) is 52.3 Å². The number of rotatable bonds is 7. The Labute approximate surface area is 168 Å². The molecule has 2 N–H and O–H groups in total. The predicted octanol–water partition coefficient (Wildman–Crippen LogP) is 3.26. The van der Waals surface area contributed by atoms with Crippen molar-refractivity contribution in [3.8, 4) is 11.5 Å². The van der Waals surface area contributed by atoms with Gasteiger partial charge >= 0.3 is 6.61 Å². The van der Waals surface area contributed by atoms with Crippen LogP contribution in [0.4, 0.5) is 8.78 Å². The van der Waals surface area contributed by atoms with Gasteiger partial charge in [0.1, 0.15) is 5.69 Å². The molecule has 2 amide bonds. The van der Waals surface area contributed by atoms with E-state index < -0.39 is 18.4 Å². The van der Waals surface area contributed by atoms with Crippen LogP contribution in [0.25, 0.3) is 6.08 Å². The number of nitrogens with zero attached hydrogens (tertiary/aromatic N) is 1. The van der Waals surface area contributed by atoms with E-state index in [0.717, 1.165) is 4.47 Å². The summed E-state index contributed by atoms with van der Waals surface area (Å²) in [5.41, 5.74) is 5.43. The highest BCUT2D eigenvalue weighted by atomic mass is 79.9. The van der Waals surface area contributed by atoms with Crippen LogP contribution in [0.2, 0.25) is 0 Å². The van der Waals surface area contributed by atoms with Crippen LogP contribution >= 0.6 is 15.9 Å². The molecule has 0 spiro atoms. The summed E-state index contributed by atoms with van der Waals surface area (Å²) < 4.78 is 36.8. The van der Waals surface area contributed by atoms with Crippen LogP contribution in [0.1, 0.15) is 23.0 Å². The van der Waals surface area contributed by atoms with E-state index in [2.05, 4.69) is 31.5 Å². The third-order valence-electron chi connectivity index (χ3n) is 3.41. The minimum Gasteiger partial charge on any atom is -0.490 e. The number of carbonyl (C=O) groups excluding carboxylic acids is 2. The molecule has 28 heavy (non-hydrogen) atoms. The topological polar surface area (TPSA) is 81.6 Å². The fraction of sp³-hybridized carbons (Fsp3) is 0.222. The zero-order chi connectivity index (χ0) is 20.7. The van der Waals surface area contributed by atoms with Crippen LogP contribution in [0, 0.1) is 0 Å². The SMILES string of the molecule is CCOc1cc(/C=C/C(=O)NNC(=O)c2cc(Br)cn2C)ccc1OC(F)F. The van der Waals surface area contributed by atoms with Crippen molar-refractivity contribution in [2.75, 3.05) is 6.61 Å². The van der Waals surface area contributed by atoms with Crippen LogP contribution < -0.4 is 20.3 Å². The standard InChI is InChI=1S/C18H18BrF2N3O4/c1-3-27-15-8-11(4-6-14(15)28-18(20)21)5-7-16(25)22-23-17(26)13-9-12(19)10-24(13)2/h4-10,18H,3H2,1-2H3,(H,22,25)(H,23,26)/b7-5+. The molecule has 2 aromatic rings. The van der Waals surface area contributed by atoms with Crippen molar-refractivity contribution < 1.29 is 27.8 Å². The minimum absolute atomic E-state index is 0.0977. The minimum atomic E-state index is -2.97. The zero-order valence-corrected chi connectivity index (χ0v) is 16.6. The first kappa shape index (κ1) is 21.4. The fourth-order valence-electron chi connectivity index (χ4n) is 2.24. The van der Waals surface area contributed by atoms with Gasteiger partial charge in [0.15, 0.2) is 11.5 Å². The summed E-state index contributed by atoms with van der Waals surface area (Å²) in [5, 5.41) is 0. The van der Waals surface area contributed by atoms with Crippen molar-refractivity contribution >= 4 is 33.8 Å². The van der Waals surface area contributed by atoms with E-state index in [0.29, 0.717) is 11.3 Å². The second-order valence-corrected chi connectivity index (χ2v) is 6.36.